The van der Waals surface area contributed by atoms with Gasteiger partial charge < -0.3 is 10.8 Å². The molecule has 0 heterocycles. The predicted molar refractivity (Wildman–Crippen MR) is 78.4 cm³/mol. The second-order valence-corrected chi connectivity index (χ2v) is 7.24. The van der Waals surface area contributed by atoms with Crippen LogP contribution < -0.4 is 5.73 Å². The van der Waals surface area contributed by atoms with Crippen LogP contribution in [0, 0.1) is 17.7 Å². The van der Waals surface area contributed by atoms with E-state index in [0.717, 1.165) is 16.4 Å². The number of nitrogens with zero attached hydrogens (tertiary/aromatic N) is 1. The second-order valence-electron chi connectivity index (χ2n) is 5.22. The summed E-state index contributed by atoms with van der Waals surface area (Å²) in [6.45, 7) is 2.93. The average Bonchev–Trinajstić information content (AvgIpc) is 2.34. The number of sulfonamides is 1. The zero-order valence-corrected chi connectivity index (χ0v) is 13.0. The van der Waals surface area contributed by atoms with E-state index in [1.807, 2.05) is 0 Å². The Hall–Kier alpha value is -1.46. The molecule has 0 aliphatic rings. The van der Waals surface area contributed by atoms with E-state index in [4.69, 9.17) is 5.73 Å². The highest BCUT2D eigenvalue weighted by Gasteiger charge is 2.28. The SMILES string of the molecule is CN(CC(C)(C)O)S(=O)(=O)c1ccc(C#CCN)cc1F. The van der Waals surface area contributed by atoms with Gasteiger partial charge >= 0.3 is 0 Å². The summed E-state index contributed by atoms with van der Waals surface area (Å²) in [6, 6.07) is 3.62. The van der Waals surface area contributed by atoms with Crippen molar-refractivity contribution in [2.24, 2.45) is 5.73 Å². The van der Waals surface area contributed by atoms with E-state index < -0.39 is 26.3 Å². The Labute approximate surface area is 124 Å². The molecule has 0 spiro atoms. The number of rotatable bonds is 4. The molecule has 5 nitrogen and oxygen atoms in total. The molecule has 0 radical (unpaired) electrons. The number of aliphatic hydroxyl groups is 1. The first kappa shape index (κ1) is 17.6. The van der Waals surface area contributed by atoms with Crippen molar-refractivity contribution in [3.63, 3.8) is 0 Å². The molecule has 0 bridgehead atoms. The van der Waals surface area contributed by atoms with Crippen LogP contribution in [0.15, 0.2) is 23.1 Å². The smallest absolute Gasteiger partial charge is 0.245 e. The van der Waals surface area contributed by atoms with Gasteiger partial charge in [0.2, 0.25) is 10.0 Å². The van der Waals surface area contributed by atoms with Crippen LogP contribution in [0.1, 0.15) is 19.4 Å². The van der Waals surface area contributed by atoms with E-state index >= 15 is 0 Å². The van der Waals surface area contributed by atoms with Gasteiger partial charge in [-0.2, -0.15) is 4.31 Å². The standard InChI is InChI=1S/C14H19FN2O3S/c1-14(2,18)10-17(3)21(19,20)13-7-6-11(5-4-8-16)9-12(13)15/h6-7,9,18H,8,10,16H2,1-3H3. The van der Waals surface area contributed by atoms with Crippen molar-refractivity contribution in [3.05, 3.63) is 29.6 Å². The summed E-state index contributed by atoms with van der Waals surface area (Å²) in [7, 11) is -2.73. The molecule has 0 aromatic heterocycles. The van der Waals surface area contributed by atoms with Crippen LogP contribution in [0.3, 0.4) is 0 Å². The van der Waals surface area contributed by atoms with Crippen LogP contribution in [0.5, 0.6) is 0 Å². The van der Waals surface area contributed by atoms with Gasteiger partial charge in [0.25, 0.3) is 0 Å². The molecule has 0 aliphatic carbocycles. The Kier molecular flexibility index (Phi) is 5.48. The normalized spacial score (nSPS) is 12.1. The number of hydrogen-bond acceptors (Lipinski definition) is 4. The molecule has 3 N–H and O–H groups in total. The summed E-state index contributed by atoms with van der Waals surface area (Å²) in [5, 5.41) is 9.68. The van der Waals surface area contributed by atoms with E-state index in [0.29, 0.717) is 5.56 Å². The fourth-order valence-corrected chi connectivity index (χ4v) is 3.11. The lowest BCUT2D eigenvalue weighted by molar-refractivity contribution is 0.0639. The largest absolute Gasteiger partial charge is 0.389 e. The molecule has 7 heteroatoms. The molecular formula is C14H19FN2O3S. The highest BCUT2D eigenvalue weighted by Crippen LogP contribution is 2.20. The Bertz CT molecular complexity index is 670. The van der Waals surface area contributed by atoms with Crippen molar-refractivity contribution in [3.8, 4) is 11.8 Å². The first-order valence-electron chi connectivity index (χ1n) is 6.25. The molecule has 21 heavy (non-hydrogen) atoms. The third-order valence-electron chi connectivity index (χ3n) is 2.56. The van der Waals surface area contributed by atoms with E-state index in [9.17, 15) is 17.9 Å². The molecule has 116 valence electrons. The van der Waals surface area contributed by atoms with E-state index in [2.05, 4.69) is 11.8 Å². The third-order valence-corrected chi connectivity index (χ3v) is 4.40. The number of benzene rings is 1. The molecule has 1 aromatic carbocycles. The summed E-state index contributed by atoms with van der Waals surface area (Å²) in [5.41, 5.74) is 4.35. The molecule has 1 rings (SSSR count). The zero-order valence-electron chi connectivity index (χ0n) is 12.2. The van der Waals surface area contributed by atoms with E-state index in [1.165, 1.54) is 27.0 Å². The van der Waals surface area contributed by atoms with Gasteiger partial charge in [0, 0.05) is 19.2 Å². The minimum absolute atomic E-state index is 0.135. The van der Waals surface area contributed by atoms with Crippen LogP contribution in [-0.2, 0) is 10.0 Å². The van der Waals surface area contributed by atoms with Gasteiger partial charge in [-0.1, -0.05) is 11.8 Å². The van der Waals surface area contributed by atoms with Crippen molar-refractivity contribution in [1.82, 2.24) is 4.31 Å². The Morgan fingerprint density at radius 3 is 2.52 bits per heavy atom. The van der Waals surface area contributed by atoms with Gasteiger partial charge in [0.05, 0.1) is 12.1 Å². The lowest BCUT2D eigenvalue weighted by atomic mass is 10.1. The molecule has 0 saturated carbocycles. The fourth-order valence-electron chi connectivity index (χ4n) is 1.74. The van der Waals surface area contributed by atoms with E-state index in [-0.39, 0.29) is 13.1 Å². The number of hydrogen-bond donors (Lipinski definition) is 2. The molecule has 0 aliphatic heterocycles. The summed E-state index contributed by atoms with van der Waals surface area (Å²) < 4.78 is 39.5. The fraction of sp³-hybridized carbons (Fsp3) is 0.429. The van der Waals surface area contributed by atoms with Crippen molar-refractivity contribution in [2.45, 2.75) is 24.3 Å². The Balaban J connectivity index is 3.15. The van der Waals surface area contributed by atoms with Crippen LogP contribution in [0.25, 0.3) is 0 Å². The molecule has 0 atom stereocenters. The van der Waals surface area contributed by atoms with Gasteiger partial charge in [0.1, 0.15) is 10.7 Å². The van der Waals surface area contributed by atoms with Gasteiger partial charge in [-0.15, -0.1) is 0 Å². The average molecular weight is 314 g/mol. The second kappa shape index (κ2) is 6.54. The van der Waals surface area contributed by atoms with Crippen LogP contribution in [-0.4, -0.2) is 43.6 Å². The highest BCUT2D eigenvalue weighted by molar-refractivity contribution is 7.89. The lowest BCUT2D eigenvalue weighted by Crippen LogP contribution is -2.39. The molecule has 1 aromatic rings. The quantitative estimate of drug-likeness (QED) is 0.794. The Morgan fingerprint density at radius 2 is 2.05 bits per heavy atom. The molecule has 0 saturated heterocycles. The summed E-state index contributed by atoms with van der Waals surface area (Å²) in [4.78, 5) is -0.451. The van der Waals surface area contributed by atoms with Gasteiger partial charge in [0.15, 0.2) is 0 Å². The molecule has 0 unspecified atom stereocenters. The molecule has 0 amide bonds. The first-order chi connectivity index (χ1) is 9.58. The number of halogens is 1. The maximum Gasteiger partial charge on any atom is 0.245 e. The Morgan fingerprint density at radius 1 is 1.43 bits per heavy atom. The number of nitrogens with two attached hydrogens (primary N) is 1. The van der Waals surface area contributed by atoms with Crippen LogP contribution in [0.2, 0.25) is 0 Å². The molecular weight excluding hydrogens is 295 g/mol. The van der Waals surface area contributed by atoms with Crippen molar-refractivity contribution in [2.75, 3.05) is 20.1 Å². The topological polar surface area (TPSA) is 83.6 Å². The minimum Gasteiger partial charge on any atom is -0.389 e. The van der Waals surface area contributed by atoms with E-state index in [1.54, 1.807) is 0 Å². The van der Waals surface area contributed by atoms with Crippen LogP contribution >= 0.6 is 0 Å². The van der Waals surface area contributed by atoms with Gasteiger partial charge in [-0.25, -0.2) is 12.8 Å². The van der Waals surface area contributed by atoms with Crippen molar-refractivity contribution in [1.29, 1.82) is 0 Å². The van der Waals surface area contributed by atoms with Gasteiger partial charge in [-0.05, 0) is 32.0 Å². The first-order valence-corrected chi connectivity index (χ1v) is 7.69. The molecule has 0 fully saturated rings. The van der Waals surface area contributed by atoms with Gasteiger partial charge in [-0.3, -0.25) is 0 Å². The van der Waals surface area contributed by atoms with Crippen molar-refractivity contribution < 1.29 is 17.9 Å². The minimum atomic E-state index is -4.01. The summed E-state index contributed by atoms with van der Waals surface area (Å²) in [6.07, 6.45) is 0. The predicted octanol–water partition coefficient (Wildman–Crippen LogP) is 0.527. The lowest BCUT2D eigenvalue weighted by Gasteiger charge is -2.25. The maximum atomic E-state index is 14.0. The zero-order chi connectivity index (χ0) is 16.3. The monoisotopic (exact) mass is 314 g/mol. The maximum absolute atomic E-state index is 14.0. The van der Waals surface area contributed by atoms with Crippen molar-refractivity contribution >= 4 is 10.0 Å². The third kappa shape index (κ3) is 4.79. The highest BCUT2D eigenvalue weighted by atomic mass is 32.2. The van der Waals surface area contributed by atoms with Crippen LogP contribution in [0.4, 0.5) is 4.39 Å². The number of likely N-dealkylation sites (N-methyl/N-ethyl adjacent to an activating group) is 1. The summed E-state index contributed by atoms with van der Waals surface area (Å²) in [5.74, 6) is 4.30. The summed E-state index contributed by atoms with van der Waals surface area (Å²) >= 11 is 0.